The van der Waals surface area contributed by atoms with Gasteiger partial charge in [0.05, 0.1) is 6.20 Å². The molecule has 0 aliphatic heterocycles. The Morgan fingerprint density at radius 1 is 1.60 bits per heavy atom. The van der Waals surface area contributed by atoms with Gasteiger partial charge in [-0.15, -0.1) is 0 Å². The van der Waals surface area contributed by atoms with Crippen LogP contribution in [0.2, 0.25) is 0 Å². The van der Waals surface area contributed by atoms with Crippen LogP contribution in [0.25, 0.3) is 0 Å². The van der Waals surface area contributed by atoms with E-state index in [1.54, 1.807) is 6.20 Å². The van der Waals surface area contributed by atoms with Gasteiger partial charge in [-0.1, -0.05) is 0 Å². The van der Waals surface area contributed by atoms with E-state index in [1.807, 2.05) is 26.2 Å². The first-order chi connectivity index (χ1) is 4.79. The number of rotatable bonds is 2. The normalized spacial score (nSPS) is 10.3. The fraction of sp³-hybridized carbons (Fsp3) is 0.375. The van der Waals surface area contributed by atoms with Gasteiger partial charge in [-0.05, 0) is 31.8 Å². The predicted molar refractivity (Wildman–Crippen MR) is 40.5 cm³/mol. The number of hydrogen-bond donors (Lipinski definition) is 0. The molecule has 53 valence electrons. The maximum atomic E-state index is 3.81. The molecule has 1 heterocycles. The summed E-state index contributed by atoms with van der Waals surface area (Å²) in [6.07, 6.45) is 4.55. The van der Waals surface area contributed by atoms with Crippen LogP contribution in [0, 0.1) is 6.20 Å². The number of nitrogens with zero attached hydrogens (tertiary/aromatic N) is 2. The summed E-state index contributed by atoms with van der Waals surface area (Å²) >= 11 is 0. The summed E-state index contributed by atoms with van der Waals surface area (Å²) in [5, 5.41) is 0. The van der Waals surface area contributed by atoms with Gasteiger partial charge in [-0.25, -0.2) is 0 Å². The first-order valence-electron chi connectivity index (χ1n) is 3.25. The lowest BCUT2D eigenvalue weighted by molar-refractivity contribution is 0.402. The largest absolute Gasteiger partial charge is 0.305 e. The van der Waals surface area contributed by atoms with Crippen molar-refractivity contribution in [2.75, 3.05) is 14.1 Å². The summed E-state index contributed by atoms with van der Waals surface area (Å²) in [5.74, 6) is 0. The molecule has 0 fully saturated rings. The molecule has 0 unspecified atom stereocenters. The lowest BCUT2D eigenvalue weighted by Gasteiger charge is -2.07. The van der Waals surface area contributed by atoms with Crippen LogP contribution in [0.1, 0.15) is 5.56 Å². The van der Waals surface area contributed by atoms with Crippen LogP contribution in [0.4, 0.5) is 0 Å². The van der Waals surface area contributed by atoms with Gasteiger partial charge in [0.15, 0.2) is 0 Å². The zero-order valence-electron chi connectivity index (χ0n) is 6.33. The molecule has 0 spiro atoms. The molecular weight excluding hydrogens is 124 g/mol. The second kappa shape index (κ2) is 3.32. The standard InChI is InChI=1S/C8H11N2/c1-10(2)7-8-3-5-9-6-4-8/h3-5H,7H2,1-2H3. The molecule has 1 radical (unpaired) electrons. The highest BCUT2D eigenvalue weighted by Gasteiger charge is 1.91. The predicted octanol–water partition coefficient (Wildman–Crippen LogP) is 0.943. The van der Waals surface area contributed by atoms with Gasteiger partial charge in [-0.2, -0.15) is 0 Å². The second-order valence-electron chi connectivity index (χ2n) is 2.53. The summed E-state index contributed by atoms with van der Waals surface area (Å²) in [6.45, 7) is 0.957. The zero-order valence-corrected chi connectivity index (χ0v) is 6.33. The smallest absolute Gasteiger partial charge is 0.0889 e. The molecule has 0 amide bonds. The lowest BCUT2D eigenvalue weighted by atomic mass is 10.3. The third-order valence-electron chi connectivity index (χ3n) is 1.19. The molecule has 1 aromatic rings. The second-order valence-corrected chi connectivity index (χ2v) is 2.53. The highest BCUT2D eigenvalue weighted by Crippen LogP contribution is 1.97. The van der Waals surface area contributed by atoms with Crippen LogP contribution in [0.5, 0.6) is 0 Å². The van der Waals surface area contributed by atoms with Gasteiger partial charge in [-0.3, -0.25) is 4.98 Å². The first kappa shape index (κ1) is 7.22. The van der Waals surface area contributed by atoms with E-state index in [0.29, 0.717) is 0 Å². The lowest BCUT2D eigenvalue weighted by Crippen LogP contribution is -2.10. The Labute approximate surface area is 61.5 Å². The topological polar surface area (TPSA) is 16.1 Å². The molecule has 1 aromatic heterocycles. The van der Waals surface area contributed by atoms with Crippen molar-refractivity contribution in [3.05, 3.63) is 30.1 Å². The van der Waals surface area contributed by atoms with Gasteiger partial charge in [0, 0.05) is 12.7 Å². The monoisotopic (exact) mass is 135 g/mol. The Kier molecular flexibility index (Phi) is 2.40. The minimum absolute atomic E-state index is 0.957. The molecule has 0 aliphatic carbocycles. The van der Waals surface area contributed by atoms with Crippen LogP contribution in [0.3, 0.4) is 0 Å². The van der Waals surface area contributed by atoms with Crippen LogP contribution < -0.4 is 0 Å². The SMILES string of the molecule is CN(C)Cc1c[c]ncc1. The van der Waals surface area contributed by atoms with Crippen molar-refractivity contribution in [2.24, 2.45) is 0 Å². The maximum Gasteiger partial charge on any atom is 0.0889 e. The number of pyridine rings is 1. The van der Waals surface area contributed by atoms with Crippen LogP contribution >= 0.6 is 0 Å². The summed E-state index contributed by atoms with van der Waals surface area (Å²) in [7, 11) is 4.08. The van der Waals surface area contributed by atoms with Gasteiger partial charge in [0.1, 0.15) is 0 Å². The van der Waals surface area contributed by atoms with Crippen LogP contribution in [-0.2, 0) is 6.54 Å². The quantitative estimate of drug-likeness (QED) is 0.600. The molecule has 10 heavy (non-hydrogen) atoms. The average molecular weight is 135 g/mol. The van der Waals surface area contributed by atoms with E-state index in [1.165, 1.54) is 5.56 Å². The van der Waals surface area contributed by atoms with Gasteiger partial charge in [0.25, 0.3) is 0 Å². The Balaban J connectivity index is 2.59. The highest BCUT2D eigenvalue weighted by molar-refractivity contribution is 5.08. The Hall–Kier alpha value is -0.890. The molecule has 0 aliphatic rings. The van der Waals surface area contributed by atoms with Crippen molar-refractivity contribution in [3.8, 4) is 0 Å². The average Bonchev–Trinajstić information content (AvgIpc) is 1.88. The van der Waals surface area contributed by atoms with E-state index in [-0.39, 0.29) is 0 Å². The molecule has 0 saturated carbocycles. The number of hydrogen-bond acceptors (Lipinski definition) is 2. The van der Waals surface area contributed by atoms with Crippen molar-refractivity contribution < 1.29 is 0 Å². The van der Waals surface area contributed by atoms with Gasteiger partial charge in [0.2, 0.25) is 0 Å². The van der Waals surface area contributed by atoms with Gasteiger partial charge >= 0.3 is 0 Å². The highest BCUT2D eigenvalue weighted by atomic mass is 15.0. The van der Waals surface area contributed by atoms with Crippen molar-refractivity contribution >= 4 is 0 Å². The van der Waals surface area contributed by atoms with E-state index >= 15 is 0 Å². The molecular formula is C8H11N2. The molecule has 2 nitrogen and oxygen atoms in total. The molecule has 1 rings (SSSR count). The van der Waals surface area contributed by atoms with Crippen molar-refractivity contribution in [1.29, 1.82) is 0 Å². The van der Waals surface area contributed by atoms with Crippen LogP contribution in [-0.4, -0.2) is 24.0 Å². The first-order valence-corrected chi connectivity index (χ1v) is 3.25. The molecule has 0 atom stereocenters. The van der Waals surface area contributed by atoms with Crippen LogP contribution in [0.15, 0.2) is 18.3 Å². The summed E-state index contributed by atoms with van der Waals surface area (Å²) in [6, 6.07) is 3.90. The Morgan fingerprint density at radius 3 is 2.90 bits per heavy atom. The minimum atomic E-state index is 0.957. The fourth-order valence-electron chi connectivity index (χ4n) is 0.808. The summed E-state index contributed by atoms with van der Waals surface area (Å²) in [5.41, 5.74) is 1.25. The van der Waals surface area contributed by atoms with Crippen molar-refractivity contribution in [2.45, 2.75) is 6.54 Å². The van der Waals surface area contributed by atoms with E-state index < -0.39 is 0 Å². The summed E-state index contributed by atoms with van der Waals surface area (Å²) in [4.78, 5) is 5.92. The number of aromatic nitrogens is 1. The van der Waals surface area contributed by atoms with E-state index in [9.17, 15) is 0 Å². The van der Waals surface area contributed by atoms with Crippen molar-refractivity contribution in [1.82, 2.24) is 9.88 Å². The fourth-order valence-corrected chi connectivity index (χ4v) is 0.808. The van der Waals surface area contributed by atoms with Crippen molar-refractivity contribution in [3.63, 3.8) is 0 Å². The molecule has 0 saturated heterocycles. The Bertz CT molecular complexity index is 182. The van der Waals surface area contributed by atoms with E-state index in [0.717, 1.165) is 6.54 Å². The van der Waals surface area contributed by atoms with E-state index in [2.05, 4.69) is 16.1 Å². The molecule has 0 bridgehead atoms. The third-order valence-corrected chi connectivity index (χ3v) is 1.19. The van der Waals surface area contributed by atoms with Gasteiger partial charge < -0.3 is 4.90 Å². The molecule has 0 aromatic carbocycles. The zero-order chi connectivity index (χ0) is 7.40. The molecule has 0 N–H and O–H groups in total. The third kappa shape index (κ3) is 2.15. The molecule has 2 heteroatoms. The minimum Gasteiger partial charge on any atom is -0.305 e. The summed E-state index contributed by atoms with van der Waals surface area (Å²) < 4.78 is 0. The Morgan fingerprint density at radius 2 is 2.40 bits per heavy atom. The van der Waals surface area contributed by atoms with E-state index in [4.69, 9.17) is 0 Å². The maximum absolute atomic E-state index is 3.81.